The minimum absolute atomic E-state index is 0.543. The minimum Gasteiger partial charge on any atom is -0.493 e. The fourth-order valence-corrected chi connectivity index (χ4v) is 2.28. The van der Waals surface area contributed by atoms with Gasteiger partial charge in [-0.1, -0.05) is 13.8 Å². The van der Waals surface area contributed by atoms with Crippen LogP contribution >= 0.6 is 0 Å². The number of anilines is 2. The number of nitrogens with two attached hydrogens (primary N) is 1. The summed E-state index contributed by atoms with van der Waals surface area (Å²) < 4.78 is 5.77. The summed E-state index contributed by atoms with van der Waals surface area (Å²) in [6, 6.07) is 6.01. The highest BCUT2D eigenvalue weighted by molar-refractivity contribution is 5.69. The van der Waals surface area contributed by atoms with Crippen LogP contribution in [0.5, 0.6) is 5.75 Å². The molecule has 2 rings (SSSR count). The van der Waals surface area contributed by atoms with Crippen LogP contribution in [0.3, 0.4) is 0 Å². The Hall–Kier alpha value is -1.38. The zero-order valence-corrected chi connectivity index (χ0v) is 11.5. The van der Waals surface area contributed by atoms with Gasteiger partial charge in [0.1, 0.15) is 5.75 Å². The van der Waals surface area contributed by atoms with E-state index in [0.717, 1.165) is 36.8 Å². The van der Waals surface area contributed by atoms with Crippen LogP contribution in [0.4, 0.5) is 11.4 Å². The van der Waals surface area contributed by atoms with E-state index in [1.807, 2.05) is 12.1 Å². The third kappa shape index (κ3) is 3.31. The molecule has 3 heteroatoms. The van der Waals surface area contributed by atoms with Gasteiger partial charge in [-0.3, -0.25) is 0 Å². The highest BCUT2D eigenvalue weighted by Gasteiger charge is 2.14. The third-order valence-corrected chi connectivity index (χ3v) is 3.28. The average Bonchev–Trinajstić information content (AvgIpc) is 2.38. The summed E-state index contributed by atoms with van der Waals surface area (Å²) in [7, 11) is 0. The van der Waals surface area contributed by atoms with Crippen molar-refractivity contribution in [3.8, 4) is 5.75 Å². The number of nitrogens with zero attached hydrogens (tertiary/aromatic N) is 1. The van der Waals surface area contributed by atoms with E-state index in [-0.39, 0.29) is 0 Å². The van der Waals surface area contributed by atoms with Crippen molar-refractivity contribution in [3.63, 3.8) is 0 Å². The Bertz CT molecular complexity index is 384. The first kappa shape index (κ1) is 13.1. The summed E-state index contributed by atoms with van der Waals surface area (Å²) >= 11 is 0. The Morgan fingerprint density at radius 1 is 1.22 bits per heavy atom. The third-order valence-electron chi connectivity index (χ3n) is 3.28. The van der Waals surface area contributed by atoms with Gasteiger partial charge in [0.25, 0.3) is 0 Å². The van der Waals surface area contributed by atoms with Crippen molar-refractivity contribution < 1.29 is 4.74 Å². The summed E-state index contributed by atoms with van der Waals surface area (Å²) in [5, 5.41) is 0. The van der Waals surface area contributed by atoms with E-state index in [0.29, 0.717) is 5.92 Å². The first-order valence-electron chi connectivity index (χ1n) is 6.94. The highest BCUT2D eigenvalue weighted by atomic mass is 16.5. The Labute approximate surface area is 110 Å². The van der Waals surface area contributed by atoms with Gasteiger partial charge in [-0.2, -0.15) is 0 Å². The van der Waals surface area contributed by atoms with Crippen LogP contribution in [-0.2, 0) is 0 Å². The number of benzene rings is 1. The van der Waals surface area contributed by atoms with Crippen LogP contribution < -0.4 is 15.4 Å². The van der Waals surface area contributed by atoms with E-state index >= 15 is 0 Å². The highest BCUT2D eigenvalue weighted by Crippen LogP contribution is 2.30. The lowest BCUT2D eigenvalue weighted by Gasteiger charge is -2.30. The predicted molar refractivity (Wildman–Crippen MR) is 77.3 cm³/mol. The zero-order valence-electron chi connectivity index (χ0n) is 11.5. The summed E-state index contributed by atoms with van der Waals surface area (Å²) in [4.78, 5) is 2.38. The molecule has 0 unspecified atom stereocenters. The molecule has 2 N–H and O–H groups in total. The average molecular weight is 248 g/mol. The van der Waals surface area contributed by atoms with Crippen LogP contribution in [0.25, 0.3) is 0 Å². The minimum atomic E-state index is 0.543. The first-order chi connectivity index (χ1) is 8.66. The SMILES string of the molecule is CC(C)COc1ccc(N)c(N2CCCCC2)c1. The van der Waals surface area contributed by atoms with Gasteiger partial charge < -0.3 is 15.4 Å². The number of hydrogen-bond donors (Lipinski definition) is 1. The molecule has 0 saturated carbocycles. The van der Waals surface area contributed by atoms with Crippen LogP contribution in [0.1, 0.15) is 33.1 Å². The van der Waals surface area contributed by atoms with E-state index in [2.05, 4.69) is 24.8 Å². The maximum absolute atomic E-state index is 6.08. The molecule has 0 bridgehead atoms. The smallest absolute Gasteiger partial charge is 0.121 e. The van der Waals surface area contributed by atoms with Gasteiger partial charge in [-0.05, 0) is 37.3 Å². The molecule has 0 spiro atoms. The molecular weight excluding hydrogens is 224 g/mol. The maximum Gasteiger partial charge on any atom is 0.121 e. The molecule has 1 aliphatic rings. The van der Waals surface area contributed by atoms with E-state index < -0.39 is 0 Å². The van der Waals surface area contributed by atoms with Gasteiger partial charge in [0.05, 0.1) is 18.0 Å². The Morgan fingerprint density at radius 2 is 1.94 bits per heavy atom. The van der Waals surface area contributed by atoms with Crippen LogP contribution in [0.2, 0.25) is 0 Å². The van der Waals surface area contributed by atoms with Gasteiger partial charge in [-0.25, -0.2) is 0 Å². The molecule has 0 radical (unpaired) electrons. The summed E-state index contributed by atoms with van der Waals surface area (Å²) in [5.74, 6) is 1.47. The van der Waals surface area contributed by atoms with Crippen molar-refractivity contribution in [1.29, 1.82) is 0 Å². The number of nitrogen functional groups attached to an aromatic ring is 1. The lowest BCUT2D eigenvalue weighted by Crippen LogP contribution is -2.30. The molecule has 1 saturated heterocycles. The van der Waals surface area contributed by atoms with Gasteiger partial charge in [0.15, 0.2) is 0 Å². The molecular formula is C15H24N2O. The summed E-state index contributed by atoms with van der Waals surface area (Å²) in [6.07, 6.45) is 3.85. The van der Waals surface area contributed by atoms with E-state index in [9.17, 15) is 0 Å². The molecule has 0 aliphatic carbocycles. The molecule has 1 aliphatic heterocycles. The van der Waals surface area contributed by atoms with Gasteiger partial charge in [-0.15, -0.1) is 0 Å². The summed E-state index contributed by atoms with van der Waals surface area (Å²) in [6.45, 7) is 7.28. The van der Waals surface area contributed by atoms with Crippen molar-refractivity contribution >= 4 is 11.4 Å². The van der Waals surface area contributed by atoms with Gasteiger partial charge in [0.2, 0.25) is 0 Å². The second-order valence-electron chi connectivity index (χ2n) is 5.47. The fraction of sp³-hybridized carbons (Fsp3) is 0.600. The topological polar surface area (TPSA) is 38.5 Å². The number of ether oxygens (including phenoxy) is 1. The largest absolute Gasteiger partial charge is 0.493 e. The van der Waals surface area contributed by atoms with Crippen molar-refractivity contribution in [1.82, 2.24) is 0 Å². The Balaban J connectivity index is 2.10. The molecule has 0 atom stereocenters. The van der Waals surface area contributed by atoms with Crippen LogP contribution in [0, 0.1) is 5.92 Å². The lowest BCUT2D eigenvalue weighted by molar-refractivity contribution is 0.271. The molecule has 3 nitrogen and oxygen atoms in total. The number of hydrogen-bond acceptors (Lipinski definition) is 3. The number of piperidine rings is 1. The lowest BCUT2D eigenvalue weighted by atomic mass is 10.1. The Morgan fingerprint density at radius 3 is 2.61 bits per heavy atom. The first-order valence-corrected chi connectivity index (χ1v) is 6.94. The van der Waals surface area contributed by atoms with Gasteiger partial charge >= 0.3 is 0 Å². The summed E-state index contributed by atoms with van der Waals surface area (Å²) in [5.41, 5.74) is 8.07. The second kappa shape index (κ2) is 5.98. The fourth-order valence-electron chi connectivity index (χ4n) is 2.28. The van der Waals surface area contributed by atoms with E-state index in [1.165, 1.54) is 19.3 Å². The molecule has 0 aromatic heterocycles. The molecule has 18 heavy (non-hydrogen) atoms. The second-order valence-corrected chi connectivity index (χ2v) is 5.47. The van der Waals surface area contributed by atoms with Crippen molar-refractivity contribution in [2.24, 2.45) is 5.92 Å². The van der Waals surface area contributed by atoms with Crippen LogP contribution in [0.15, 0.2) is 18.2 Å². The van der Waals surface area contributed by atoms with E-state index in [4.69, 9.17) is 10.5 Å². The van der Waals surface area contributed by atoms with Crippen molar-refractivity contribution in [2.45, 2.75) is 33.1 Å². The monoisotopic (exact) mass is 248 g/mol. The quantitative estimate of drug-likeness (QED) is 0.831. The maximum atomic E-state index is 6.08. The van der Waals surface area contributed by atoms with Crippen molar-refractivity contribution in [3.05, 3.63) is 18.2 Å². The molecule has 1 fully saturated rings. The zero-order chi connectivity index (χ0) is 13.0. The normalized spacial score (nSPS) is 16.1. The molecule has 1 heterocycles. The number of rotatable bonds is 4. The molecule has 0 amide bonds. The standard InChI is InChI=1S/C15H24N2O/c1-12(2)11-18-13-6-7-14(16)15(10-13)17-8-4-3-5-9-17/h6-7,10,12H,3-5,8-9,11,16H2,1-2H3. The van der Waals surface area contributed by atoms with Crippen molar-refractivity contribution in [2.75, 3.05) is 30.3 Å². The molecule has 100 valence electrons. The Kier molecular flexibility index (Phi) is 4.34. The van der Waals surface area contributed by atoms with Crippen LogP contribution in [-0.4, -0.2) is 19.7 Å². The predicted octanol–water partition coefficient (Wildman–Crippen LogP) is 3.29. The molecule has 1 aromatic carbocycles. The molecule has 1 aromatic rings. The van der Waals surface area contributed by atoms with E-state index in [1.54, 1.807) is 0 Å². The van der Waals surface area contributed by atoms with Gasteiger partial charge in [0, 0.05) is 19.2 Å².